The minimum atomic E-state index is 0.838. The van der Waals surface area contributed by atoms with Gasteiger partial charge in [-0.15, -0.1) is 0 Å². The molecule has 0 atom stereocenters. The van der Waals surface area contributed by atoms with E-state index in [1.54, 1.807) is 0 Å². The third-order valence-electron chi connectivity index (χ3n) is 10.7. The van der Waals surface area contributed by atoms with Crippen molar-refractivity contribution in [2.45, 2.75) is 0 Å². The third-order valence-corrected chi connectivity index (χ3v) is 10.7. The largest absolute Gasteiger partial charge is 0.310 e. The van der Waals surface area contributed by atoms with E-state index in [2.05, 4.69) is 136 Å². The fourth-order valence-electron chi connectivity index (χ4n) is 7.80. The smallest absolute Gasteiger partial charge is 0.0894 e. The van der Waals surface area contributed by atoms with Crippen LogP contribution in [0.5, 0.6) is 0 Å². The maximum Gasteiger partial charge on any atom is 0.0894 e. The molecular formula is C51H32N6. The molecule has 0 radical (unpaired) electrons. The van der Waals surface area contributed by atoms with E-state index in [9.17, 15) is 0 Å². The highest BCUT2D eigenvalue weighted by molar-refractivity contribution is 6.09. The second-order valence-corrected chi connectivity index (χ2v) is 14.2. The van der Waals surface area contributed by atoms with E-state index in [1.165, 1.54) is 21.5 Å². The normalized spacial score (nSPS) is 11.5. The number of hydrogen-bond acceptors (Lipinski definition) is 6. The number of hydrogen-bond donors (Lipinski definition) is 0. The molecule has 11 aromatic rings. The second-order valence-electron chi connectivity index (χ2n) is 14.2. The predicted octanol–water partition coefficient (Wildman–Crippen LogP) is 12.9. The SMILES string of the molecule is c1ccc2cc(-c3ccc4c(ccc5cc(N(c6ccc(-c7cnc8ccccc8n7)cc6)c6ccc(-c7cnc8ccccc8n7)cc6)ccc54)c3)ncc2c1. The standard InChI is InChI=1S/C51H32N6/c1-2-8-39-30-52-49(29-35(39)7-1)38-19-25-43-36(27-38)13-14-37-28-42(24-26-44(37)43)57(40-20-15-33(16-21-40)50-31-53-45-9-3-5-11-47(45)55-50)41-22-17-34(18-23-41)51-32-54-46-10-4-6-12-48(46)56-51/h1-32H. The fraction of sp³-hybridized carbons (Fsp3) is 0. The van der Waals surface area contributed by atoms with E-state index in [1.807, 2.05) is 73.2 Å². The Hall–Kier alpha value is -7.83. The number of aromatic nitrogens is 5. The first kappa shape index (κ1) is 32.6. The minimum Gasteiger partial charge on any atom is -0.310 e. The van der Waals surface area contributed by atoms with Crippen molar-refractivity contribution in [1.82, 2.24) is 24.9 Å². The van der Waals surface area contributed by atoms with Crippen LogP contribution in [0.2, 0.25) is 0 Å². The van der Waals surface area contributed by atoms with Crippen molar-refractivity contribution in [2.24, 2.45) is 0 Å². The topological polar surface area (TPSA) is 67.7 Å². The summed E-state index contributed by atoms with van der Waals surface area (Å²) in [6, 6.07) is 61.4. The molecule has 6 nitrogen and oxygen atoms in total. The fourth-order valence-corrected chi connectivity index (χ4v) is 7.80. The van der Waals surface area contributed by atoms with Crippen LogP contribution in [-0.4, -0.2) is 24.9 Å². The van der Waals surface area contributed by atoms with Gasteiger partial charge < -0.3 is 4.90 Å². The molecule has 0 unspecified atom stereocenters. The highest BCUT2D eigenvalue weighted by Crippen LogP contribution is 2.39. The van der Waals surface area contributed by atoms with Crippen molar-refractivity contribution >= 4 is 71.4 Å². The first-order valence-corrected chi connectivity index (χ1v) is 19.0. The number of benzene rings is 8. The zero-order valence-electron chi connectivity index (χ0n) is 30.7. The highest BCUT2D eigenvalue weighted by Gasteiger charge is 2.16. The van der Waals surface area contributed by atoms with Crippen LogP contribution in [0.3, 0.4) is 0 Å². The molecule has 0 amide bonds. The zero-order valence-corrected chi connectivity index (χ0v) is 30.7. The maximum atomic E-state index is 4.90. The van der Waals surface area contributed by atoms with Gasteiger partial charge in [-0.3, -0.25) is 15.0 Å². The van der Waals surface area contributed by atoms with Crippen LogP contribution >= 0.6 is 0 Å². The molecule has 3 aromatic heterocycles. The molecule has 266 valence electrons. The molecule has 0 N–H and O–H groups in total. The van der Waals surface area contributed by atoms with Crippen LogP contribution in [0.15, 0.2) is 195 Å². The third kappa shape index (κ3) is 5.97. The number of pyridine rings is 1. The molecule has 6 heteroatoms. The van der Waals surface area contributed by atoms with Gasteiger partial charge in [-0.1, -0.05) is 103 Å². The number of rotatable bonds is 6. The van der Waals surface area contributed by atoms with Crippen LogP contribution < -0.4 is 4.90 Å². The molecule has 0 spiro atoms. The Kier molecular flexibility index (Phi) is 7.71. The molecule has 57 heavy (non-hydrogen) atoms. The van der Waals surface area contributed by atoms with Gasteiger partial charge in [-0.25, -0.2) is 9.97 Å². The Morgan fingerprint density at radius 3 is 1.40 bits per heavy atom. The van der Waals surface area contributed by atoms with Gasteiger partial charge in [-0.2, -0.15) is 0 Å². The summed E-state index contributed by atoms with van der Waals surface area (Å²) >= 11 is 0. The van der Waals surface area contributed by atoms with E-state index in [0.717, 1.165) is 83.7 Å². The highest BCUT2D eigenvalue weighted by atomic mass is 15.1. The zero-order chi connectivity index (χ0) is 37.7. The average molecular weight is 729 g/mol. The lowest BCUT2D eigenvalue weighted by Crippen LogP contribution is -2.10. The van der Waals surface area contributed by atoms with Crippen LogP contribution in [0.25, 0.3) is 88.2 Å². The van der Waals surface area contributed by atoms with Crippen LogP contribution in [-0.2, 0) is 0 Å². The molecule has 8 aromatic carbocycles. The molecule has 0 saturated carbocycles. The van der Waals surface area contributed by atoms with Gasteiger partial charge in [0.1, 0.15) is 0 Å². The van der Waals surface area contributed by atoms with E-state index in [0.29, 0.717) is 0 Å². The average Bonchev–Trinajstić information content (AvgIpc) is 3.29. The Morgan fingerprint density at radius 1 is 0.298 bits per heavy atom. The van der Waals surface area contributed by atoms with Crippen molar-refractivity contribution in [3.05, 3.63) is 195 Å². The van der Waals surface area contributed by atoms with E-state index in [4.69, 9.17) is 15.0 Å². The lowest BCUT2D eigenvalue weighted by molar-refractivity contribution is 1.27. The van der Waals surface area contributed by atoms with Gasteiger partial charge in [0, 0.05) is 45.3 Å². The lowest BCUT2D eigenvalue weighted by Gasteiger charge is -2.26. The second kappa shape index (κ2) is 13.5. The summed E-state index contributed by atoms with van der Waals surface area (Å²) < 4.78 is 0. The number of nitrogens with zero attached hydrogens (tertiary/aromatic N) is 6. The lowest BCUT2D eigenvalue weighted by atomic mass is 9.98. The van der Waals surface area contributed by atoms with E-state index < -0.39 is 0 Å². The summed E-state index contributed by atoms with van der Waals surface area (Å²) in [5, 5.41) is 7.07. The molecule has 0 fully saturated rings. The summed E-state index contributed by atoms with van der Waals surface area (Å²) in [6.45, 7) is 0. The van der Waals surface area contributed by atoms with Crippen molar-refractivity contribution in [2.75, 3.05) is 4.90 Å². The Labute approximate surface area is 328 Å². The van der Waals surface area contributed by atoms with Crippen LogP contribution in [0, 0.1) is 0 Å². The molecule has 0 aliphatic rings. The summed E-state index contributed by atoms with van der Waals surface area (Å²) in [5.41, 5.74) is 12.4. The maximum absolute atomic E-state index is 4.90. The molecule has 0 aliphatic heterocycles. The molecule has 0 aliphatic carbocycles. The van der Waals surface area contributed by atoms with Crippen LogP contribution in [0.1, 0.15) is 0 Å². The summed E-state index contributed by atoms with van der Waals surface area (Å²) in [5.74, 6) is 0. The first-order valence-electron chi connectivity index (χ1n) is 19.0. The van der Waals surface area contributed by atoms with E-state index >= 15 is 0 Å². The molecule has 3 heterocycles. The van der Waals surface area contributed by atoms with Crippen molar-refractivity contribution in [3.63, 3.8) is 0 Å². The van der Waals surface area contributed by atoms with Gasteiger partial charge in [0.05, 0.1) is 51.5 Å². The van der Waals surface area contributed by atoms with Crippen molar-refractivity contribution in [1.29, 1.82) is 0 Å². The molecular weight excluding hydrogens is 697 g/mol. The van der Waals surface area contributed by atoms with Crippen LogP contribution in [0.4, 0.5) is 17.1 Å². The van der Waals surface area contributed by atoms with Crippen molar-refractivity contribution in [3.8, 4) is 33.8 Å². The molecule has 0 bridgehead atoms. The van der Waals surface area contributed by atoms with Gasteiger partial charge in [0.25, 0.3) is 0 Å². The predicted molar refractivity (Wildman–Crippen MR) is 234 cm³/mol. The van der Waals surface area contributed by atoms with Gasteiger partial charge in [0.2, 0.25) is 0 Å². The first-order chi connectivity index (χ1) is 28.2. The number of fused-ring (bicyclic) bond motifs is 6. The number of para-hydroxylation sites is 4. The summed E-state index contributed by atoms with van der Waals surface area (Å²) in [6.07, 6.45) is 5.65. The van der Waals surface area contributed by atoms with Gasteiger partial charge in [-0.05, 0) is 99.7 Å². The van der Waals surface area contributed by atoms with E-state index in [-0.39, 0.29) is 0 Å². The monoisotopic (exact) mass is 728 g/mol. The Balaban J connectivity index is 0.981. The Morgan fingerprint density at radius 2 is 0.789 bits per heavy atom. The Bertz CT molecular complexity index is 3180. The minimum absolute atomic E-state index is 0.838. The molecule has 0 saturated heterocycles. The number of anilines is 3. The quantitative estimate of drug-likeness (QED) is 0.159. The summed E-state index contributed by atoms with van der Waals surface area (Å²) in [7, 11) is 0. The summed E-state index contributed by atoms with van der Waals surface area (Å²) in [4.78, 5) is 26.2. The molecule has 11 rings (SSSR count). The van der Waals surface area contributed by atoms with Crippen molar-refractivity contribution < 1.29 is 0 Å². The van der Waals surface area contributed by atoms with Gasteiger partial charge in [0.15, 0.2) is 0 Å². The van der Waals surface area contributed by atoms with Gasteiger partial charge >= 0.3 is 0 Å².